The van der Waals surface area contributed by atoms with Gasteiger partial charge in [-0.3, -0.25) is 4.79 Å². The van der Waals surface area contributed by atoms with Gasteiger partial charge in [0, 0.05) is 28.4 Å². The van der Waals surface area contributed by atoms with Gasteiger partial charge in [0.25, 0.3) is 5.56 Å². The predicted octanol–water partition coefficient (Wildman–Crippen LogP) is 3.98. The van der Waals surface area contributed by atoms with Gasteiger partial charge >= 0.3 is 0 Å². The first-order valence-electron chi connectivity index (χ1n) is 8.61. The Morgan fingerprint density at radius 1 is 1.32 bits per heavy atom. The summed E-state index contributed by atoms with van der Waals surface area (Å²) < 4.78 is 3.62. The lowest BCUT2D eigenvalue weighted by Gasteiger charge is -2.11. The third-order valence-corrected chi connectivity index (χ3v) is 5.50. The zero-order chi connectivity index (χ0) is 18.1. The number of nitrogens with zero attached hydrogens (tertiary/aromatic N) is 4. The molecule has 0 aliphatic rings. The zero-order valence-corrected chi connectivity index (χ0v) is 16.2. The zero-order valence-electron chi connectivity index (χ0n) is 15.4. The van der Waals surface area contributed by atoms with Crippen LogP contribution < -0.4 is 5.56 Å². The van der Waals surface area contributed by atoms with Crippen LogP contribution in [0, 0.1) is 19.8 Å². The Kier molecular flexibility index (Phi) is 4.90. The summed E-state index contributed by atoms with van der Waals surface area (Å²) in [5.41, 5.74) is 3.29. The minimum atomic E-state index is -0.117. The Morgan fingerprint density at radius 2 is 2.08 bits per heavy atom. The third-order valence-electron chi connectivity index (χ3n) is 4.32. The van der Waals surface area contributed by atoms with Crippen LogP contribution in [0.2, 0.25) is 0 Å². The Morgan fingerprint density at radius 3 is 2.76 bits per heavy atom. The molecule has 0 aromatic carbocycles. The molecule has 0 saturated heterocycles. The van der Waals surface area contributed by atoms with Gasteiger partial charge in [-0.2, -0.15) is 9.78 Å². The second-order valence-corrected chi connectivity index (χ2v) is 7.87. The molecule has 0 aliphatic heterocycles. The van der Waals surface area contributed by atoms with Gasteiger partial charge in [0.2, 0.25) is 0 Å². The average Bonchev–Trinajstić information content (AvgIpc) is 3.11. The lowest BCUT2D eigenvalue weighted by molar-refractivity contribution is 0.509. The maximum absolute atomic E-state index is 12.6. The molecule has 6 heteroatoms. The van der Waals surface area contributed by atoms with Crippen LogP contribution in [0.4, 0.5) is 0 Å². The van der Waals surface area contributed by atoms with Crippen molar-refractivity contribution in [1.82, 2.24) is 14.2 Å². The SMILES string of the molecule is CCc1cc2c(=O)n(/N=C\c3cc(C)n(CC(C)C)c3C)cnc2s1. The molecule has 0 radical (unpaired) electrons. The van der Waals surface area contributed by atoms with Crippen LogP contribution in [0.15, 0.2) is 28.4 Å². The van der Waals surface area contributed by atoms with E-state index in [1.54, 1.807) is 17.6 Å². The van der Waals surface area contributed by atoms with Gasteiger partial charge in [0.1, 0.15) is 11.2 Å². The first-order chi connectivity index (χ1) is 11.9. The first-order valence-corrected chi connectivity index (χ1v) is 9.43. The van der Waals surface area contributed by atoms with Crippen LogP contribution in [-0.2, 0) is 13.0 Å². The van der Waals surface area contributed by atoms with E-state index in [1.807, 2.05) is 6.07 Å². The molecule has 3 rings (SSSR count). The Balaban J connectivity index is 1.96. The third kappa shape index (κ3) is 3.44. The van der Waals surface area contributed by atoms with Gasteiger partial charge in [-0.15, -0.1) is 11.3 Å². The number of hydrogen-bond donors (Lipinski definition) is 0. The monoisotopic (exact) mass is 356 g/mol. The van der Waals surface area contributed by atoms with Gasteiger partial charge < -0.3 is 4.57 Å². The van der Waals surface area contributed by atoms with Crippen molar-refractivity contribution in [3.63, 3.8) is 0 Å². The Labute approximate surface area is 151 Å². The molecule has 5 nitrogen and oxygen atoms in total. The standard InChI is InChI=1S/C19H24N4OS/c1-6-16-8-17-18(25-16)20-11-23(19(17)24)21-9-15-7-13(4)22(14(15)5)10-12(2)3/h7-9,11-12H,6,10H2,1-5H3/b21-9-. The van der Waals surface area contributed by atoms with E-state index < -0.39 is 0 Å². The number of aromatic nitrogens is 3. The average molecular weight is 356 g/mol. The van der Waals surface area contributed by atoms with Crippen molar-refractivity contribution in [2.75, 3.05) is 0 Å². The second kappa shape index (κ2) is 6.96. The second-order valence-electron chi connectivity index (χ2n) is 6.75. The van der Waals surface area contributed by atoms with Crippen LogP contribution in [0.3, 0.4) is 0 Å². The number of thiophene rings is 1. The van der Waals surface area contributed by atoms with Crippen molar-refractivity contribution in [3.8, 4) is 0 Å². The van der Waals surface area contributed by atoms with E-state index in [9.17, 15) is 4.79 Å². The van der Waals surface area contributed by atoms with Crippen molar-refractivity contribution >= 4 is 27.8 Å². The highest BCUT2D eigenvalue weighted by Crippen LogP contribution is 2.21. The minimum absolute atomic E-state index is 0.117. The van der Waals surface area contributed by atoms with Crippen molar-refractivity contribution in [3.05, 3.63) is 50.6 Å². The predicted molar refractivity (Wildman–Crippen MR) is 105 cm³/mol. The van der Waals surface area contributed by atoms with Crippen LogP contribution in [0.1, 0.15) is 42.6 Å². The number of fused-ring (bicyclic) bond motifs is 1. The van der Waals surface area contributed by atoms with Crippen molar-refractivity contribution < 1.29 is 0 Å². The molecule has 0 saturated carbocycles. The maximum atomic E-state index is 12.6. The summed E-state index contributed by atoms with van der Waals surface area (Å²) in [6.07, 6.45) is 4.16. The van der Waals surface area contributed by atoms with Crippen LogP contribution >= 0.6 is 11.3 Å². The Hall–Kier alpha value is -2.21. The molecule has 0 aliphatic carbocycles. The fraction of sp³-hybridized carbons (Fsp3) is 0.421. The van der Waals surface area contributed by atoms with Crippen molar-refractivity contribution in [2.24, 2.45) is 11.0 Å². The lowest BCUT2D eigenvalue weighted by atomic mass is 10.2. The summed E-state index contributed by atoms with van der Waals surface area (Å²) >= 11 is 1.57. The van der Waals surface area contributed by atoms with Crippen molar-refractivity contribution in [1.29, 1.82) is 0 Å². The van der Waals surface area contributed by atoms with Crippen LogP contribution in [0.5, 0.6) is 0 Å². The van der Waals surface area contributed by atoms with Gasteiger partial charge in [-0.25, -0.2) is 4.98 Å². The molecule has 3 heterocycles. The molecule has 3 aromatic rings. The topological polar surface area (TPSA) is 52.2 Å². The summed E-state index contributed by atoms with van der Waals surface area (Å²) in [5, 5.41) is 5.01. The van der Waals surface area contributed by atoms with Crippen molar-refractivity contribution in [2.45, 2.75) is 47.6 Å². The van der Waals surface area contributed by atoms with Gasteiger partial charge in [-0.1, -0.05) is 20.8 Å². The summed E-state index contributed by atoms with van der Waals surface area (Å²) in [4.78, 5) is 18.9. The largest absolute Gasteiger partial charge is 0.348 e. The maximum Gasteiger partial charge on any atom is 0.282 e. The molecule has 3 aromatic heterocycles. The molecule has 0 spiro atoms. The molecule has 0 fully saturated rings. The van der Waals surface area contributed by atoms with E-state index in [-0.39, 0.29) is 5.56 Å². The summed E-state index contributed by atoms with van der Waals surface area (Å²) in [6.45, 7) is 11.7. The fourth-order valence-corrected chi connectivity index (χ4v) is 3.87. The highest BCUT2D eigenvalue weighted by atomic mass is 32.1. The highest BCUT2D eigenvalue weighted by Gasteiger charge is 2.10. The molecule has 0 atom stereocenters. The van der Waals surface area contributed by atoms with Crippen LogP contribution in [0.25, 0.3) is 10.2 Å². The highest BCUT2D eigenvalue weighted by molar-refractivity contribution is 7.18. The molecule has 132 valence electrons. The van der Waals surface area contributed by atoms with Gasteiger partial charge in [-0.05, 0) is 38.3 Å². The Bertz CT molecular complexity index is 991. The van der Waals surface area contributed by atoms with E-state index in [2.05, 4.69) is 55.3 Å². The fourth-order valence-electron chi connectivity index (χ4n) is 2.95. The number of aryl methyl sites for hydroxylation is 2. The molecule has 0 unspecified atom stereocenters. The van der Waals surface area contributed by atoms with E-state index in [0.29, 0.717) is 11.3 Å². The molecule has 0 N–H and O–H groups in total. The quantitative estimate of drug-likeness (QED) is 0.649. The van der Waals surface area contributed by atoms with E-state index in [4.69, 9.17) is 0 Å². The molecule has 0 bridgehead atoms. The normalized spacial score (nSPS) is 12.1. The van der Waals surface area contributed by atoms with Gasteiger partial charge in [0.05, 0.1) is 11.6 Å². The molecular weight excluding hydrogens is 332 g/mol. The summed E-state index contributed by atoms with van der Waals surface area (Å²) in [7, 11) is 0. The smallest absolute Gasteiger partial charge is 0.282 e. The molecular formula is C19H24N4OS. The number of rotatable bonds is 5. The van der Waals surface area contributed by atoms with E-state index in [0.717, 1.165) is 23.4 Å². The van der Waals surface area contributed by atoms with Gasteiger partial charge in [0.15, 0.2) is 0 Å². The molecule has 0 amide bonds. The van der Waals surface area contributed by atoms with E-state index >= 15 is 0 Å². The van der Waals surface area contributed by atoms with E-state index in [1.165, 1.54) is 27.3 Å². The molecule has 25 heavy (non-hydrogen) atoms. The first kappa shape index (κ1) is 17.6. The van der Waals surface area contributed by atoms with Crippen LogP contribution in [-0.4, -0.2) is 20.4 Å². The lowest BCUT2D eigenvalue weighted by Crippen LogP contribution is -2.16. The summed E-state index contributed by atoms with van der Waals surface area (Å²) in [6, 6.07) is 4.04. The minimum Gasteiger partial charge on any atom is -0.348 e. The number of hydrogen-bond acceptors (Lipinski definition) is 4. The summed E-state index contributed by atoms with van der Waals surface area (Å²) in [5.74, 6) is 0.579.